The summed E-state index contributed by atoms with van der Waals surface area (Å²) in [7, 11) is 0. The lowest BCUT2D eigenvalue weighted by atomic mass is 9.93. The van der Waals surface area contributed by atoms with Crippen LogP contribution in [0.4, 0.5) is 0 Å². The van der Waals surface area contributed by atoms with Crippen LogP contribution in [0.15, 0.2) is 0 Å². The molecule has 1 nitrogen and oxygen atoms in total. The van der Waals surface area contributed by atoms with Gasteiger partial charge >= 0.3 is 0 Å². The second-order valence-electron chi connectivity index (χ2n) is 4.30. The number of thioether (sulfide) groups is 1. The zero-order valence-electron chi connectivity index (χ0n) is 8.63. The lowest BCUT2D eigenvalue weighted by Gasteiger charge is -2.37. The number of hydrogen-bond donors (Lipinski definition) is 1. The minimum absolute atomic E-state index is 0.726. The average Bonchev–Trinajstić information content (AvgIpc) is 2.04. The fraction of sp³-hybridized carbons (Fsp3) is 1.00. The molecule has 0 aromatic carbocycles. The van der Waals surface area contributed by atoms with Crippen LogP contribution in [0.3, 0.4) is 0 Å². The molecule has 1 aliphatic rings. The fourth-order valence-electron chi connectivity index (χ4n) is 1.86. The maximum atomic E-state index is 3.63. The van der Waals surface area contributed by atoms with Gasteiger partial charge in [0, 0.05) is 23.6 Å². The molecule has 0 spiro atoms. The van der Waals surface area contributed by atoms with Gasteiger partial charge in [0.15, 0.2) is 0 Å². The van der Waals surface area contributed by atoms with Crippen LogP contribution in [0.25, 0.3) is 0 Å². The van der Waals surface area contributed by atoms with Crippen LogP contribution in [0, 0.1) is 11.8 Å². The largest absolute Gasteiger partial charge is 0.312 e. The van der Waals surface area contributed by atoms with Gasteiger partial charge in [-0.25, -0.2) is 0 Å². The highest BCUT2D eigenvalue weighted by Crippen LogP contribution is 2.28. The van der Waals surface area contributed by atoms with Gasteiger partial charge in [-0.1, -0.05) is 27.7 Å². The van der Waals surface area contributed by atoms with Gasteiger partial charge in [-0.2, -0.15) is 11.8 Å². The van der Waals surface area contributed by atoms with Crippen LogP contribution in [-0.4, -0.2) is 23.6 Å². The van der Waals surface area contributed by atoms with E-state index in [0.717, 1.165) is 23.1 Å². The first-order valence-corrected chi connectivity index (χ1v) is 6.02. The first-order valence-electron chi connectivity index (χ1n) is 4.98. The van der Waals surface area contributed by atoms with E-state index < -0.39 is 0 Å². The summed E-state index contributed by atoms with van der Waals surface area (Å²) in [5.41, 5.74) is 0. The molecule has 0 saturated carbocycles. The summed E-state index contributed by atoms with van der Waals surface area (Å²) < 4.78 is 0. The van der Waals surface area contributed by atoms with Crippen molar-refractivity contribution in [3.8, 4) is 0 Å². The maximum Gasteiger partial charge on any atom is 0.0227 e. The van der Waals surface area contributed by atoms with Crippen molar-refractivity contribution in [2.45, 2.75) is 39.0 Å². The monoisotopic (exact) mass is 187 g/mol. The second-order valence-corrected chi connectivity index (χ2v) is 5.59. The standard InChI is InChI=1S/C10H21NS/c1-7(2)9-10(8(3)4)12-6-5-11-9/h7-11H,5-6H2,1-4H3. The molecule has 72 valence electrons. The highest BCUT2D eigenvalue weighted by molar-refractivity contribution is 8.00. The van der Waals surface area contributed by atoms with Crippen molar-refractivity contribution in [1.82, 2.24) is 5.32 Å². The van der Waals surface area contributed by atoms with Crippen molar-refractivity contribution >= 4 is 11.8 Å². The second kappa shape index (κ2) is 4.52. The molecule has 1 rings (SSSR count). The van der Waals surface area contributed by atoms with Gasteiger partial charge in [0.05, 0.1) is 0 Å². The van der Waals surface area contributed by atoms with Crippen molar-refractivity contribution in [2.75, 3.05) is 12.3 Å². The molecule has 1 N–H and O–H groups in total. The molecular weight excluding hydrogens is 166 g/mol. The van der Waals surface area contributed by atoms with Gasteiger partial charge in [0.1, 0.15) is 0 Å². The van der Waals surface area contributed by atoms with Crippen LogP contribution in [-0.2, 0) is 0 Å². The third-order valence-electron chi connectivity index (χ3n) is 2.52. The molecule has 0 aromatic rings. The van der Waals surface area contributed by atoms with Crippen molar-refractivity contribution < 1.29 is 0 Å². The van der Waals surface area contributed by atoms with E-state index >= 15 is 0 Å². The van der Waals surface area contributed by atoms with E-state index in [1.54, 1.807) is 0 Å². The molecule has 1 aliphatic heterocycles. The molecule has 2 atom stereocenters. The highest BCUT2D eigenvalue weighted by Gasteiger charge is 2.29. The van der Waals surface area contributed by atoms with E-state index in [1.807, 2.05) is 0 Å². The Bertz CT molecular complexity index is 118. The molecule has 1 heterocycles. The molecule has 0 bridgehead atoms. The Morgan fingerprint density at radius 2 is 1.83 bits per heavy atom. The third kappa shape index (κ3) is 2.40. The van der Waals surface area contributed by atoms with Crippen LogP contribution < -0.4 is 5.32 Å². The summed E-state index contributed by atoms with van der Waals surface area (Å²) in [4.78, 5) is 0. The predicted molar refractivity (Wildman–Crippen MR) is 57.7 cm³/mol. The van der Waals surface area contributed by atoms with E-state index in [-0.39, 0.29) is 0 Å². The molecule has 12 heavy (non-hydrogen) atoms. The van der Waals surface area contributed by atoms with Gasteiger partial charge in [0.25, 0.3) is 0 Å². The van der Waals surface area contributed by atoms with E-state index in [4.69, 9.17) is 0 Å². The van der Waals surface area contributed by atoms with Crippen LogP contribution in [0.5, 0.6) is 0 Å². The summed E-state index contributed by atoms with van der Waals surface area (Å²) in [5.74, 6) is 2.85. The van der Waals surface area contributed by atoms with E-state index in [9.17, 15) is 0 Å². The average molecular weight is 187 g/mol. The molecule has 0 radical (unpaired) electrons. The van der Waals surface area contributed by atoms with E-state index in [1.165, 1.54) is 12.3 Å². The smallest absolute Gasteiger partial charge is 0.0227 e. The Morgan fingerprint density at radius 1 is 1.17 bits per heavy atom. The van der Waals surface area contributed by atoms with Crippen molar-refractivity contribution in [2.24, 2.45) is 11.8 Å². The van der Waals surface area contributed by atoms with Gasteiger partial charge in [-0.05, 0) is 11.8 Å². The summed E-state index contributed by atoms with van der Waals surface area (Å²) >= 11 is 2.15. The molecule has 1 saturated heterocycles. The molecule has 2 heteroatoms. The Labute approximate surface area is 80.7 Å². The number of hydrogen-bond acceptors (Lipinski definition) is 2. The van der Waals surface area contributed by atoms with Gasteiger partial charge < -0.3 is 5.32 Å². The van der Waals surface area contributed by atoms with Gasteiger partial charge in [-0.15, -0.1) is 0 Å². The summed E-state index contributed by atoms with van der Waals surface area (Å²) in [5, 5.41) is 4.45. The van der Waals surface area contributed by atoms with Crippen LogP contribution in [0.2, 0.25) is 0 Å². The fourth-order valence-corrected chi connectivity index (χ4v) is 3.37. The minimum atomic E-state index is 0.726. The topological polar surface area (TPSA) is 12.0 Å². The van der Waals surface area contributed by atoms with Crippen molar-refractivity contribution in [1.29, 1.82) is 0 Å². The maximum absolute atomic E-state index is 3.63. The molecule has 2 unspecified atom stereocenters. The Kier molecular flexibility index (Phi) is 3.91. The van der Waals surface area contributed by atoms with E-state index in [0.29, 0.717) is 0 Å². The zero-order chi connectivity index (χ0) is 9.14. The Balaban J connectivity index is 2.54. The van der Waals surface area contributed by atoms with Gasteiger partial charge in [0.2, 0.25) is 0 Å². The normalized spacial score (nSPS) is 31.5. The SMILES string of the molecule is CC(C)C1NCCSC1C(C)C. The van der Waals surface area contributed by atoms with Crippen LogP contribution in [0.1, 0.15) is 27.7 Å². The summed E-state index contributed by atoms with van der Waals surface area (Å²) in [6.07, 6.45) is 0. The summed E-state index contributed by atoms with van der Waals surface area (Å²) in [6.45, 7) is 10.5. The van der Waals surface area contributed by atoms with Crippen LogP contribution >= 0.6 is 11.8 Å². The highest BCUT2D eigenvalue weighted by atomic mass is 32.2. The van der Waals surface area contributed by atoms with Crippen molar-refractivity contribution in [3.05, 3.63) is 0 Å². The Morgan fingerprint density at radius 3 is 2.25 bits per heavy atom. The zero-order valence-corrected chi connectivity index (χ0v) is 9.45. The third-order valence-corrected chi connectivity index (χ3v) is 4.18. The summed E-state index contributed by atoms with van der Waals surface area (Å²) in [6, 6.07) is 0.726. The first kappa shape index (κ1) is 10.4. The Hall–Kier alpha value is 0.310. The number of nitrogens with one attached hydrogen (secondary N) is 1. The van der Waals surface area contributed by atoms with Gasteiger partial charge in [-0.3, -0.25) is 0 Å². The lowest BCUT2D eigenvalue weighted by Crippen LogP contribution is -2.49. The minimum Gasteiger partial charge on any atom is -0.312 e. The molecular formula is C10H21NS. The lowest BCUT2D eigenvalue weighted by molar-refractivity contribution is 0.348. The molecule has 0 amide bonds. The van der Waals surface area contributed by atoms with Crippen molar-refractivity contribution in [3.63, 3.8) is 0 Å². The molecule has 1 fully saturated rings. The predicted octanol–water partition coefficient (Wildman–Crippen LogP) is 2.37. The quantitative estimate of drug-likeness (QED) is 0.712. The van der Waals surface area contributed by atoms with E-state index in [2.05, 4.69) is 44.8 Å². The molecule has 0 aliphatic carbocycles. The first-order chi connectivity index (χ1) is 5.63. The number of rotatable bonds is 2. The molecule has 0 aromatic heterocycles.